The van der Waals surface area contributed by atoms with Crippen molar-refractivity contribution < 1.29 is 0 Å². The minimum Gasteiger partial charge on any atom is -0.284 e. The normalized spacial score (nSPS) is 13.2. The van der Waals surface area contributed by atoms with E-state index in [9.17, 15) is 0 Å². The first-order valence-corrected chi connectivity index (χ1v) is 10.5. The van der Waals surface area contributed by atoms with Gasteiger partial charge in [0.15, 0.2) is 5.82 Å². The molecule has 0 bridgehead atoms. The first-order chi connectivity index (χ1) is 13.8. The van der Waals surface area contributed by atoms with E-state index in [0.29, 0.717) is 12.5 Å². The van der Waals surface area contributed by atoms with E-state index in [0.717, 1.165) is 23.0 Å². The Kier molecular flexibility index (Phi) is 6.70. The third kappa shape index (κ3) is 5.22. The number of hydrogen-bond acceptors (Lipinski definition) is 4. The highest BCUT2D eigenvalue weighted by atomic mass is 35.5. The Morgan fingerprint density at radius 2 is 1.62 bits per heavy atom. The highest BCUT2D eigenvalue weighted by molar-refractivity contribution is 6.31. The van der Waals surface area contributed by atoms with Gasteiger partial charge in [-0.25, -0.2) is 4.68 Å². The molecular formula is C23H30ClN5. The third-order valence-corrected chi connectivity index (χ3v) is 5.35. The molecule has 5 nitrogen and oxygen atoms in total. The van der Waals surface area contributed by atoms with Crippen LogP contribution in [0.2, 0.25) is 5.02 Å². The van der Waals surface area contributed by atoms with Crippen LogP contribution in [0.3, 0.4) is 0 Å². The van der Waals surface area contributed by atoms with E-state index < -0.39 is 0 Å². The zero-order valence-corrected chi connectivity index (χ0v) is 18.6. The molecule has 154 valence electrons. The Balaban J connectivity index is 2.04. The molecule has 0 amide bonds. The van der Waals surface area contributed by atoms with Crippen LogP contribution in [-0.2, 0) is 18.6 Å². The van der Waals surface area contributed by atoms with E-state index in [1.165, 1.54) is 5.56 Å². The predicted octanol–water partition coefficient (Wildman–Crippen LogP) is 5.48. The van der Waals surface area contributed by atoms with Crippen molar-refractivity contribution in [3.63, 3.8) is 0 Å². The molecule has 3 rings (SSSR count). The molecule has 0 radical (unpaired) electrons. The second-order valence-corrected chi connectivity index (χ2v) is 9.20. The summed E-state index contributed by atoms with van der Waals surface area (Å²) in [5, 5.41) is 13.6. The van der Waals surface area contributed by atoms with Gasteiger partial charge in [-0.05, 0) is 54.3 Å². The Morgan fingerprint density at radius 3 is 2.24 bits per heavy atom. The van der Waals surface area contributed by atoms with Crippen LogP contribution in [0.25, 0.3) is 0 Å². The van der Waals surface area contributed by atoms with Crippen LogP contribution in [-0.4, -0.2) is 25.1 Å². The van der Waals surface area contributed by atoms with Gasteiger partial charge in [-0.1, -0.05) is 74.0 Å². The van der Waals surface area contributed by atoms with Crippen molar-refractivity contribution in [1.29, 1.82) is 0 Å². The summed E-state index contributed by atoms with van der Waals surface area (Å²) < 4.78 is 1.95. The van der Waals surface area contributed by atoms with Gasteiger partial charge in [0.2, 0.25) is 0 Å². The Hall–Kier alpha value is -2.24. The maximum atomic E-state index is 6.51. The molecular weight excluding hydrogens is 382 g/mol. The molecule has 0 aliphatic heterocycles. The summed E-state index contributed by atoms with van der Waals surface area (Å²) in [5.41, 5.74) is 2.15. The van der Waals surface area contributed by atoms with Gasteiger partial charge in [0.25, 0.3) is 0 Å². The molecule has 3 aromatic rings. The van der Waals surface area contributed by atoms with E-state index in [-0.39, 0.29) is 11.6 Å². The van der Waals surface area contributed by atoms with Crippen LogP contribution in [0, 0.1) is 5.92 Å². The fourth-order valence-corrected chi connectivity index (χ4v) is 3.85. The molecule has 0 saturated carbocycles. The molecule has 2 aromatic carbocycles. The molecule has 0 N–H and O–H groups in total. The van der Waals surface area contributed by atoms with Crippen molar-refractivity contribution in [3.05, 3.63) is 76.6 Å². The lowest BCUT2D eigenvalue weighted by molar-refractivity contribution is 0.120. The highest BCUT2D eigenvalue weighted by Crippen LogP contribution is 2.33. The summed E-state index contributed by atoms with van der Waals surface area (Å²) in [5.74, 6) is 1.20. The average molecular weight is 412 g/mol. The van der Waals surface area contributed by atoms with Crippen LogP contribution < -0.4 is 0 Å². The minimum atomic E-state index is -0.200. The standard InChI is InChI=1S/C23H30ClN5/c1-17(2)21(22-25-26-27-29(22)23(3,4)5)28(15-18-11-7-6-8-12-18)16-19-13-9-10-14-20(19)24/h6-14,17,21H,15-16H2,1-5H3. The lowest BCUT2D eigenvalue weighted by Gasteiger charge is -2.35. The maximum absolute atomic E-state index is 6.51. The Labute approximate surface area is 178 Å². The first-order valence-electron chi connectivity index (χ1n) is 10.1. The van der Waals surface area contributed by atoms with Gasteiger partial charge >= 0.3 is 0 Å². The fraction of sp³-hybridized carbons (Fsp3) is 0.435. The Bertz CT molecular complexity index is 914. The molecule has 1 heterocycles. The minimum absolute atomic E-state index is 0.0423. The molecule has 29 heavy (non-hydrogen) atoms. The van der Waals surface area contributed by atoms with Gasteiger partial charge in [-0.3, -0.25) is 4.90 Å². The number of rotatable bonds is 7. The molecule has 1 unspecified atom stereocenters. The largest absolute Gasteiger partial charge is 0.284 e. The summed E-state index contributed by atoms with van der Waals surface area (Å²) >= 11 is 6.51. The SMILES string of the molecule is CC(C)C(c1nnnn1C(C)(C)C)N(Cc1ccccc1)Cc1ccccc1Cl. The van der Waals surface area contributed by atoms with Crippen molar-refractivity contribution in [2.75, 3.05) is 0 Å². The summed E-state index contributed by atoms with van der Waals surface area (Å²) in [6.45, 7) is 12.3. The van der Waals surface area contributed by atoms with Crippen molar-refractivity contribution in [2.24, 2.45) is 5.92 Å². The third-order valence-electron chi connectivity index (χ3n) is 4.98. The van der Waals surface area contributed by atoms with Crippen LogP contribution in [0.4, 0.5) is 0 Å². The molecule has 1 atom stereocenters. The highest BCUT2D eigenvalue weighted by Gasteiger charge is 2.32. The lowest BCUT2D eigenvalue weighted by Crippen LogP contribution is -2.36. The summed E-state index contributed by atoms with van der Waals surface area (Å²) in [6.07, 6.45) is 0. The molecule has 0 aliphatic carbocycles. The fourth-order valence-electron chi connectivity index (χ4n) is 3.66. The van der Waals surface area contributed by atoms with E-state index in [1.807, 2.05) is 28.9 Å². The molecule has 0 aliphatic rings. The van der Waals surface area contributed by atoms with E-state index in [4.69, 9.17) is 11.6 Å². The van der Waals surface area contributed by atoms with Crippen LogP contribution in [0.15, 0.2) is 54.6 Å². The number of aromatic nitrogens is 4. The van der Waals surface area contributed by atoms with Crippen LogP contribution in [0.5, 0.6) is 0 Å². The monoisotopic (exact) mass is 411 g/mol. The number of benzene rings is 2. The lowest BCUT2D eigenvalue weighted by atomic mass is 9.98. The second kappa shape index (κ2) is 9.06. The van der Waals surface area contributed by atoms with Crippen molar-refractivity contribution >= 4 is 11.6 Å². The summed E-state index contributed by atoms with van der Waals surface area (Å²) in [7, 11) is 0. The van der Waals surface area contributed by atoms with Gasteiger partial charge < -0.3 is 0 Å². The number of nitrogens with zero attached hydrogens (tertiary/aromatic N) is 5. The van der Waals surface area contributed by atoms with Gasteiger partial charge in [0.05, 0.1) is 11.6 Å². The van der Waals surface area contributed by atoms with Crippen LogP contribution in [0.1, 0.15) is 57.6 Å². The molecule has 6 heteroatoms. The van der Waals surface area contributed by atoms with Gasteiger partial charge in [-0.2, -0.15) is 0 Å². The van der Waals surface area contributed by atoms with E-state index >= 15 is 0 Å². The van der Waals surface area contributed by atoms with E-state index in [2.05, 4.69) is 85.4 Å². The quantitative estimate of drug-likeness (QED) is 0.516. The van der Waals surface area contributed by atoms with Gasteiger partial charge in [-0.15, -0.1) is 5.10 Å². The molecule has 0 saturated heterocycles. The van der Waals surface area contributed by atoms with E-state index in [1.54, 1.807) is 0 Å². The van der Waals surface area contributed by atoms with Crippen LogP contribution >= 0.6 is 11.6 Å². The maximum Gasteiger partial charge on any atom is 0.169 e. The first kappa shape index (κ1) is 21.5. The van der Waals surface area contributed by atoms with Crippen molar-refractivity contribution in [2.45, 2.75) is 59.3 Å². The van der Waals surface area contributed by atoms with Crippen molar-refractivity contribution in [1.82, 2.24) is 25.1 Å². The Morgan fingerprint density at radius 1 is 0.966 bits per heavy atom. The number of tetrazole rings is 1. The molecule has 1 aromatic heterocycles. The van der Waals surface area contributed by atoms with Gasteiger partial charge in [0, 0.05) is 18.1 Å². The van der Waals surface area contributed by atoms with Gasteiger partial charge in [0.1, 0.15) is 0 Å². The zero-order valence-electron chi connectivity index (χ0n) is 17.9. The molecule has 0 fully saturated rings. The van der Waals surface area contributed by atoms with Crippen molar-refractivity contribution in [3.8, 4) is 0 Å². The average Bonchev–Trinajstić information content (AvgIpc) is 3.14. The zero-order chi connectivity index (χ0) is 21.0. The summed E-state index contributed by atoms with van der Waals surface area (Å²) in [4.78, 5) is 2.43. The number of halogens is 1. The second-order valence-electron chi connectivity index (χ2n) is 8.79. The smallest absolute Gasteiger partial charge is 0.169 e. The number of hydrogen-bond donors (Lipinski definition) is 0. The summed E-state index contributed by atoms with van der Waals surface area (Å²) in [6, 6.07) is 18.6. The molecule has 0 spiro atoms. The topological polar surface area (TPSA) is 46.8 Å². The predicted molar refractivity (Wildman–Crippen MR) is 118 cm³/mol.